The van der Waals surface area contributed by atoms with Crippen LogP contribution in [0.1, 0.15) is 22.6 Å². The molecule has 1 amide bonds. The van der Waals surface area contributed by atoms with Gasteiger partial charge in [0.15, 0.2) is 6.61 Å². The molecule has 3 aromatic rings. The number of rotatable bonds is 5. The lowest BCUT2D eigenvalue weighted by Crippen LogP contribution is -2.28. The third kappa shape index (κ3) is 3.36. The standard InChI is InChI=1S/C17H19N3O3/c1-10-6-17(20-23-10)22-9-16(21)18-8-13-4-5-15-14(7-13)11(2)12(3)19-15/h4-7,19H,8-9H2,1-3H3,(H,18,21). The van der Waals surface area contributed by atoms with Crippen LogP contribution in [0, 0.1) is 20.8 Å². The van der Waals surface area contributed by atoms with Gasteiger partial charge in [0.05, 0.1) is 0 Å². The number of aromatic nitrogens is 2. The van der Waals surface area contributed by atoms with Crippen LogP contribution < -0.4 is 10.1 Å². The largest absolute Gasteiger partial charge is 0.465 e. The van der Waals surface area contributed by atoms with Crippen LogP contribution in [-0.4, -0.2) is 22.7 Å². The normalized spacial score (nSPS) is 10.9. The summed E-state index contributed by atoms with van der Waals surface area (Å²) in [5.74, 6) is 0.760. The molecule has 1 aromatic carbocycles. The van der Waals surface area contributed by atoms with Crippen LogP contribution in [0.3, 0.4) is 0 Å². The van der Waals surface area contributed by atoms with Crippen LogP contribution in [0.25, 0.3) is 10.9 Å². The van der Waals surface area contributed by atoms with E-state index < -0.39 is 0 Å². The van der Waals surface area contributed by atoms with Gasteiger partial charge in [-0.15, -0.1) is 0 Å². The second-order valence-corrected chi connectivity index (χ2v) is 5.60. The number of hydrogen-bond acceptors (Lipinski definition) is 4. The SMILES string of the molecule is Cc1cc(OCC(=O)NCc2ccc3[nH]c(C)c(C)c3c2)no1. The van der Waals surface area contributed by atoms with E-state index in [2.05, 4.69) is 35.4 Å². The third-order valence-corrected chi connectivity index (χ3v) is 3.82. The number of benzene rings is 1. The highest BCUT2D eigenvalue weighted by Gasteiger charge is 2.08. The van der Waals surface area contributed by atoms with Crippen molar-refractivity contribution < 1.29 is 14.1 Å². The monoisotopic (exact) mass is 313 g/mol. The van der Waals surface area contributed by atoms with E-state index in [-0.39, 0.29) is 12.5 Å². The van der Waals surface area contributed by atoms with E-state index in [0.717, 1.165) is 16.8 Å². The summed E-state index contributed by atoms with van der Waals surface area (Å²) in [5.41, 5.74) is 4.56. The molecule has 6 heteroatoms. The Morgan fingerprint density at radius 1 is 1.30 bits per heavy atom. The second-order valence-electron chi connectivity index (χ2n) is 5.60. The van der Waals surface area contributed by atoms with Gasteiger partial charge >= 0.3 is 0 Å². The number of carbonyl (C=O) groups is 1. The topological polar surface area (TPSA) is 80.1 Å². The number of ether oxygens (including phenoxy) is 1. The quantitative estimate of drug-likeness (QED) is 0.759. The van der Waals surface area contributed by atoms with Gasteiger partial charge in [-0.3, -0.25) is 4.79 Å². The van der Waals surface area contributed by atoms with E-state index in [1.807, 2.05) is 12.1 Å². The smallest absolute Gasteiger partial charge is 0.258 e. The summed E-state index contributed by atoms with van der Waals surface area (Å²) in [7, 11) is 0. The Morgan fingerprint density at radius 3 is 2.87 bits per heavy atom. The zero-order valence-corrected chi connectivity index (χ0v) is 13.4. The summed E-state index contributed by atoms with van der Waals surface area (Å²) >= 11 is 0. The minimum absolute atomic E-state index is 0.0868. The maximum Gasteiger partial charge on any atom is 0.258 e. The second kappa shape index (κ2) is 6.16. The third-order valence-electron chi connectivity index (χ3n) is 3.82. The van der Waals surface area contributed by atoms with E-state index in [1.165, 1.54) is 10.9 Å². The Balaban J connectivity index is 1.57. The first-order valence-corrected chi connectivity index (χ1v) is 7.43. The molecule has 0 saturated carbocycles. The summed E-state index contributed by atoms with van der Waals surface area (Å²) in [6.07, 6.45) is 0. The molecule has 2 N–H and O–H groups in total. The lowest BCUT2D eigenvalue weighted by molar-refractivity contribution is -0.123. The molecule has 0 aliphatic carbocycles. The van der Waals surface area contributed by atoms with Crippen LogP contribution in [-0.2, 0) is 11.3 Å². The fourth-order valence-electron chi connectivity index (χ4n) is 2.42. The number of amides is 1. The molecular weight excluding hydrogens is 294 g/mol. The molecule has 6 nitrogen and oxygen atoms in total. The maximum atomic E-state index is 11.8. The lowest BCUT2D eigenvalue weighted by Gasteiger charge is -2.06. The first kappa shape index (κ1) is 15.1. The summed E-state index contributed by atoms with van der Waals surface area (Å²) in [4.78, 5) is 15.2. The zero-order chi connectivity index (χ0) is 16.4. The van der Waals surface area contributed by atoms with E-state index in [1.54, 1.807) is 13.0 Å². The van der Waals surface area contributed by atoms with Gasteiger partial charge < -0.3 is 19.6 Å². The molecule has 0 radical (unpaired) electrons. The van der Waals surface area contributed by atoms with Crippen molar-refractivity contribution in [2.45, 2.75) is 27.3 Å². The highest BCUT2D eigenvalue weighted by Crippen LogP contribution is 2.22. The molecule has 23 heavy (non-hydrogen) atoms. The number of nitrogens with zero attached hydrogens (tertiary/aromatic N) is 1. The fourth-order valence-corrected chi connectivity index (χ4v) is 2.42. The van der Waals surface area contributed by atoms with Crippen LogP contribution in [0.4, 0.5) is 0 Å². The molecule has 0 aliphatic heterocycles. The predicted molar refractivity (Wildman–Crippen MR) is 86.4 cm³/mol. The molecule has 0 saturated heterocycles. The summed E-state index contributed by atoms with van der Waals surface area (Å²) in [6.45, 7) is 6.28. The molecule has 2 heterocycles. The van der Waals surface area contributed by atoms with Crippen molar-refractivity contribution in [3.8, 4) is 5.88 Å². The zero-order valence-electron chi connectivity index (χ0n) is 13.4. The van der Waals surface area contributed by atoms with Crippen LogP contribution in [0.15, 0.2) is 28.8 Å². The molecule has 0 fully saturated rings. The van der Waals surface area contributed by atoms with E-state index in [0.29, 0.717) is 18.2 Å². The van der Waals surface area contributed by atoms with E-state index in [4.69, 9.17) is 9.26 Å². The van der Waals surface area contributed by atoms with Gasteiger partial charge in [-0.05, 0) is 49.2 Å². The van der Waals surface area contributed by atoms with Crippen molar-refractivity contribution in [2.75, 3.05) is 6.61 Å². The number of hydrogen-bond donors (Lipinski definition) is 2. The summed E-state index contributed by atoms with van der Waals surface area (Å²) in [5, 5.41) is 7.69. The van der Waals surface area contributed by atoms with Crippen LogP contribution >= 0.6 is 0 Å². The molecule has 0 atom stereocenters. The van der Waals surface area contributed by atoms with Gasteiger partial charge in [-0.1, -0.05) is 6.07 Å². The van der Waals surface area contributed by atoms with Gasteiger partial charge in [0.2, 0.25) is 0 Å². The number of fused-ring (bicyclic) bond motifs is 1. The molecule has 0 bridgehead atoms. The fraction of sp³-hybridized carbons (Fsp3) is 0.294. The lowest BCUT2D eigenvalue weighted by atomic mass is 10.1. The minimum atomic E-state index is -0.201. The average molecular weight is 313 g/mol. The Bertz CT molecular complexity index is 848. The van der Waals surface area contributed by atoms with E-state index in [9.17, 15) is 4.79 Å². The summed E-state index contributed by atoms with van der Waals surface area (Å²) in [6, 6.07) is 7.76. The average Bonchev–Trinajstić information content (AvgIpc) is 3.07. The molecule has 0 aliphatic rings. The molecule has 0 spiro atoms. The van der Waals surface area contributed by atoms with Gasteiger partial charge in [-0.25, -0.2) is 0 Å². The van der Waals surface area contributed by atoms with Crippen LogP contribution in [0.5, 0.6) is 5.88 Å². The highest BCUT2D eigenvalue weighted by atomic mass is 16.5. The van der Waals surface area contributed by atoms with Crippen molar-refractivity contribution in [3.63, 3.8) is 0 Å². The van der Waals surface area contributed by atoms with Gasteiger partial charge in [0.1, 0.15) is 5.76 Å². The predicted octanol–water partition coefficient (Wildman–Crippen LogP) is 2.78. The van der Waals surface area contributed by atoms with E-state index >= 15 is 0 Å². The molecule has 2 aromatic heterocycles. The van der Waals surface area contributed by atoms with Gasteiger partial charge in [0.25, 0.3) is 11.8 Å². The maximum absolute atomic E-state index is 11.8. The van der Waals surface area contributed by atoms with Gasteiger partial charge in [0, 0.05) is 29.2 Å². The Labute approximate surface area is 133 Å². The summed E-state index contributed by atoms with van der Waals surface area (Å²) < 4.78 is 10.1. The van der Waals surface area contributed by atoms with Gasteiger partial charge in [-0.2, -0.15) is 0 Å². The molecule has 120 valence electrons. The van der Waals surface area contributed by atoms with Crippen molar-refractivity contribution in [1.29, 1.82) is 0 Å². The number of carbonyl (C=O) groups excluding carboxylic acids is 1. The van der Waals surface area contributed by atoms with Crippen LogP contribution in [0.2, 0.25) is 0 Å². The highest BCUT2D eigenvalue weighted by molar-refractivity contribution is 5.85. The number of H-pyrrole nitrogens is 1. The van der Waals surface area contributed by atoms with Crippen molar-refractivity contribution in [2.24, 2.45) is 0 Å². The Morgan fingerprint density at radius 2 is 2.13 bits per heavy atom. The Hall–Kier alpha value is -2.76. The minimum Gasteiger partial charge on any atom is -0.465 e. The van der Waals surface area contributed by atoms with Crippen molar-refractivity contribution in [3.05, 3.63) is 46.8 Å². The molecular formula is C17H19N3O3. The molecule has 0 unspecified atom stereocenters. The Kier molecular flexibility index (Phi) is 4.06. The number of aromatic amines is 1. The molecule has 3 rings (SSSR count). The first-order valence-electron chi connectivity index (χ1n) is 7.43. The van der Waals surface area contributed by atoms with Crippen molar-refractivity contribution >= 4 is 16.8 Å². The van der Waals surface area contributed by atoms with Crippen molar-refractivity contribution in [1.82, 2.24) is 15.5 Å². The number of nitrogens with one attached hydrogen (secondary N) is 2. The number of aryl methyl sites for hydroxylation is 3. The first-order chi connectivity index (χ1) is 11.0.